The molecule has 1 aromatic carbocycles. The Balaban J connectivity index is 1.68. The molecule has 0 unspecified atom stereocenters. The molecule has 1 aromatic heterocycles. The van der Waals surface area contributed by atoms with Gasteiger partial charge in [0.2, 0.25) is 5.17 Å². The Labute approximate surface area is 165 Å². The van der Waals surface area contributed by atoms with Gasteiger partial charge in [0.15, 0.2) is 17.3 Å². The van der Waals surface area contributed by atoms with E-state index in [2.05, 4.69) is 15.1 Å². The number of amides is 1. The number of benzene rings is 1. The molecule has 1 amide bonds. The van der Waals surface area contributed by atoms with Crippen LogP contribution in [0.25, 0.3) is 6.08 Å². The minimum absolute atomic E-state index is 0.0313. The van der Waals surface area contributed by atoms with Crippen LogP contribution in [0, 0.1) is 5.41 Å². The third-order valence-electron chi connectivity index (χ3n) is 4.08. The molecule has 4 rings (SSSR count). The van der Waals surface area contributed by atoms with Crippen LogP contribution >= 0.6 is 11.8 Å². The maximum atomic E-state index is 12.5. The highest BCUT2D eigenvalue weighted by Gasteiger charge is 2.36. The number of amidine groups is 2. The molecule has 2 aromatic rings. The molecule has 9 heteroatoms. The SMILES string of the molecule is COc1ccc(C=C2C(=N)N3N=C(c4cccnc4)SC3=NC2=O)cc1OC. The number of hydrogen-bond acceptors (Lipinski definition) is 7. The first kappa shape index (κ1) is 17.9. The Morgan fingerprint density at radius 1 is 1.18 bits per heavy atom. The zero-order chi connectivity index (χ0) is 19.7. The van der Waals surface area contributed by atoms with Crippen LogP contribution in [0.3, 0.4) is 0 Å². The van der Waals surface area contributed by atoms with Crippen molar-refractivity contribution in [1.82, 2.24) is 9.99 Å². The van der Waals surface area contributed by atoms with Crippen LogP contribution < -0.4 is 9.47 Å². The van der Waals surface area contributed by atoms with E-state index >= 15 is 0 Å². The number of nitrogens with zero attached hydrogens (tertiary/aromatic N) is 4. The number of thioether (sulfide) groups is 1. The van der Waals surface area contributed by atoms with Crippen molar-refractivity contribution in [2.45, 2.75) is 0 Å². The van der Waals surface area contributed by atoms with E-state index in [1.54, 1.807) is 49.8 Å². The number of fused-ring (bicyclic) bond motifs is 1. The summed E-state index contributed by atoms with van der Waals surface area (Å²) in [5.41, 5.74) is 1.63. The van der Waals surface area contributed by atoms with Crippen molar-refractivity contribution in [2.75, 3.05) is 14.2 Å². The molecule has 0 bridgehead atoms. The molecule has 140 valence electrons. The summed E-state index contributed by atoms with van der Waals surface area (Å²) in [4.78, 5) is 20.7. The van der Waals surface area contributed by atoms with Crippen molar-refractivity contribution in [1.29, 1.82) is 5.41 Å². The van der Waals surface area contributed by atoms with Crippen LogP contribution in [0.15, 0.2) is 58.4 Å². The van der Waals surface area contributed by atoms with E-state index in [0.29, 0.717) is 27.3 Å². The number of hydrazone groups is 1. The van der Waals surface area contributed by atoms with Crippen molar-refractivity contribution in [3.63, 3.8) is 0 Å². The monoisotopic (exact) mass is 393 g/mol. The van der Waals surface area contributed by atoms with Crippen molar-refractivity contribution in [3.8, 4) is 11.5 Å². The minimum atomic E-state index is -0.485. The predicted octanol–water partition coefficient (Wildman–Crippen LogP) is 2.77. The van der Waals surface area contributed by atoms with E-state index in [9.17, 15) is 4.79 Å². The lowest BCUT2D eigenvalue weighted by Gasteiger charge is -2.20. The van der Waals surface area contributed by atoms with Crippen molar-refractivity contribution in [3.05, 3.63) is 59.4 Å². The van der Waals surface area contributed by atoms with Crippen LogP contribution in [0.4, 0.5) is 0 Å². The molecule has 1 N–H and O–H groups in total. The number of pyridine rings is 1. The second kappa shape index (κ2) is 7.28. The summed E-state index contributed by atoms with van der Waals surface area (Å²) in [6, 6.07) is 8.91. The first-order valence-electron chi connectivity index (χ1n) is 8.23. The normalized spacial score (nSPS) is 17.4. The van der Waals surface area contributed by atoms with Gasteiger partial charge in [-0.2, -0.15) is 15.1 Å². The highest BCUT2D eigenvalue weighted by atomic mass is 32.2. The summed E-state index contributed by atoms with van der Waals surface area (Å²) >= 11 is 1.24. The maximum Gasteiger partial charge on any atom is 0.283 e. The van der Waals surface area contributed by atoms with E-state index in [4.69, 9.17) is 14.9 Å². The van der Waals surface area contributed by atoms with Gasteiger partial charge in [-0.15, -0.1) is 0 Å². The average molecular weight is 393 g/mol. The zero-order valence-electron chi connectivity index (χ0n) is 15.0. The average Bonchev–Trinajstić information content (AvgIpc) is 3.15. The van der Waals surface area contributed by atoms with E-state index < -0.39 is 5.91 Å². The van der Waals surface area contributed by atoms with Gasteiger partial charge in [-0.3, -0.25) is 15.2 Å². The number of hydrogen-bond donors (Lipinski definition) is 1. The maximum absolute atomic E-state index is 12.5. The third-order valence-corrected chi connectivity index (χ3v) is 5.04. The quantitative estimate of drug-likeness (QED) is 0.802. The molecule has 0 saturated heterocycles. The molecular formula is C19H15N5O3S. The Bertz CT molecular complexity index is 1060. The second-order valence-corrected chi connectivity index (χ2v) is 6.74. The first-order chi connectivity index (χ1) is 13.6. The standard InChI is InChI=1S/C19H15N5O3S/c1-26-14-6-5-11(9-15(14)27-2)8-13-16(20)24-19(22-17(13)25)28-18(23-24)12-4-3-7-21-10-12/h3-10,20H,1-2H3. The Morgan fingerprint density at radius 3 is 2.71 bits per heavy atom. The predicted molar refractivity (Wildman–Crippen MR) is 108 cm³/mol. The molecule has 0 spiro atoms. The number of methoxy groups -OCH3 is 2. The Kier molecular flexibility index (Phi) is 4.66. The number of rotatable bonds is 4. The molecule has 2 aliphatic heterocycles. The summed E-state index contributed by atoms with van der Waals surface area (Å²) in [7, 11) is 3.09. The molecule has 8 nitrogen and oxygen atoms in total. The van der Waals surface area contributed by atoms with Crippen LogP contribution in [0.2, 0.25) is 0 Å². The fraction of sp³-hybridized carbons (Fsp3) is 0.105. The lowest BCUT2D eigenvalue weighted by Crippen LogP contribution is -2.35. The molecule has 2 aliphatic rings. The van der Waals surface area contributed by atoms with Crippen LogP contribution in [-0.2, 0) is 4.79 Å². The number of nitrogens with one attached hydrogen (secondary N) is 1. The van der Waals surface area contributed by atoms with Gasteiger partial charge in [-0.1, -0.05) is 6.07 Å². The van der Waals surface area contributed by atoms with Gasteiger partial charge >= 0.3 is 0 Å². The lowest BCUT2D eigenvalue weighted by molar-refractivity contribution is -0.114. The van der Waals surface area contributed by atoms with Gasteiger partial charge in [0.1, 0.15) is 5.04 Å². The highest BCUT2D eigenvalue weighted by Crippen LogP contribution is 2.32. The van der Waals surface area contributed by atoms with E-state index in [-0.39, 0.29) is 11.4 Å². The summed E-state index contributed by atoms with van der Waals surface area (Å²) in [6.07, 6.45) is 4.94. The molecular weight excluding hydrogens is 378 g/mol. The Morgan fingerprint density at radius 2 is 2.00 bits per heavy atom. The number of aromatic nitrogens is 1. The number of aliphatic imine (C=N–C) groups is 1. The summed E-state index contributed by atoms with van der Waals surface area (Å²) < 4.78 is 10.5. The van der Waals surface area contributed by atoms with Gasteiger partial charge in [0.05, 0.1) is 19.8 Å². The van der Waals surface area contributed by atoms with Gasteiger partial charge in [0.25, 0.3) is 5.91 Å². The smallest absolute Gasteiger partial charge is 0.283 e. The lowest BCUT2D eigenvalue weighted by atomic mass is 10.1. The van der Waals surface area contributed by atoms with Crippen molar-refractivity contribution >= 4 is 39.8 Å². The van der Waals surface area contributed by atoms with Gasteiger partial charge < -0.3 is 9.47 Å². The van der Waals surface area contributed by atoms with Crippen LogP contribution in [-0.4, -0.2) is 46.2 Å². The molecule has 0 atom stereocenters. The molecule has 0 saturated carbocycles. The third kappa shape index (κ3) is 3.16. The van der Waals surface area contributed by atoms with E-state index in [0.717, 1.165) is 5.56 Å². The van der Waals surface area contributed by atoms with Gasteiger partial charge in [-0.05, 0) is 47.7 Å². The largest absolute Gasteiger partial charge is 0.493 e. The minimum Gasteiger partial charge on any atom is -0.493 e. The molecule has 0 radical (unpaired) electrons. The summed E-state index contributed by atoms with van der Waals surface area (Å²) in [5.74, 6) is 0.596. The van der Waals surface area contributed by atoms with Crippen molar-refractivity contribution in [2.24, 2.45) is 10.1 Å². The number of carbonyl (C=O) groups excluding carboxylic acids is 1. The van der Waals surface area contributed by atoms with Crippen molar-refractivity contribution < 1.29 is 14.3 Å². The number of ether oxygens (including phenoxy) is 2. The molecule has 0 fully saturated rings. The van der Waals surface area contributed by atoms with Gasteiger partial charge in [-0.25, -0.2) is 0 Å². The topological polar surface area (TPSA) is 100 Å². The van der Waals surface area contributed by atoms with E-state index in [1.807, 2.05) is 6.07 Å². The fourth-order valence-corrected chi connectivity index (χ4v) is 3.59. The molecule has 3 heterocycles. The second-order valence-electron chi connectivity index (χ2n) is 5.78. The van der Waals surface area contributed by atoms with Crippen LogP contribution in [0.5, 0.6) is 11.5 Å². The number of carbonyl (C=O) groups is 1. The molecule has 28 heavy (non-hydrogen) atoms. The summed E-state index contributed by atoms with van der Waals surface area (Å²) in [6.45, 7) is 0. The first-order valence-corrected chi connectivity index (χ1v) is 9.05. The highest BCUT2D eigenvalue weighted by molar-refractivity contribution is 8.27. The zero-order valence-corrected chi connectivity index (χ0v) is 15.9. The Hall–Kier alpha value is -3.46. The molecule has 0 aliphatic carbocycles. The van der Waals surface area contributed by atoms with E-state index in [1.165, 1.54) is 23.9 Å². The van der Waals surface area contributed by atoms with Crippen LogP contribution in [0.1, 0.15) is 11.1 Å². The fourth-order valence-electron chi connectivity index (χ4n) is 2.71. The summed E-state index contributed by atoms with van der Waals surface area (Å²) in [5, 5.41) is 15.2. The van der Waals surface area contributed by atoms with Gasteiger partial charge in [0, 0.05) is 18.0 Å².